The number of aromatic nitrogens is 2. The van der Waals surface area contributed by atoms with Gasteiger partial charge in [0.15, 0.2) is 5.69 Å². The molecule has 0 aliphatic rings. The van der Waals surface area contributed by atoms with Crippen LogP contribution in [0.2, 0.25) is 0 Å². The van der Waals surface area contributed by atoms with Crippen molar-refractivity contribution >= 4 is 5.91 Å². The smallest absolute Gasteiger partial charge is 0.353 e. The molecule has 90 valence electrons. The number of nitrogens with one attached hydrogen (secondary N) is 1. The van der Waals surface area contributed by atoms with E-state index >= 15 is 0 Å². The summed E-state index contributed by atoms with van der Waals surface area (Å²) >= 11 is 0. The lowest BCUT2D eigenvalue weighted by Gasteiger charge is -2.04. The molecule has 8 heteroatoms. The maximum atomic E-state index is 12.1. The van der Waals surface area contributed by atoms with Gasteiger partial charge in [0, 0.05) is 19.3 Å². The summed E-state index contributed by atoms with van der Waals surface area (Å²) in [7, 11) is 0. The molecule has 0 aromatic carbocycles. The molecule has 0 aliphatic carbocycles. The van der Waals surface area contributed by atoms with Crippen LogP contribution in [0.25, 0.3) is 0 Å². The average molecular weight is 236 g/mol. The Kier molecular flexibility index (Phi) is 3.88. The van der Waals surface area contributed by atoms with Crippen molar-refractivity contribution in [1.29, 1.82) is 0 Å². The number of nitrogens with zero attached hydrogens (tertiary/aromatic N) is 2. The van der Waals surface area contributed by atoms with Crippen LogP contribution in [0, 0.1) is 0 Å². The fraction of sp³-hybridized carbons (Fsp3) is 0.500. The van der Waals surface area contributed by atoms with Gasteiger partial charge in [-0.1, -0.05) is 0 Å². The molecule has 0 unspecified atom stereocenters. The highest BCUT2D eigenvalue weighted by Gasteiger charge is 2.33. The summed E-state index contributed by atoms with van der Waals surface area (Å²) in [5.74, 6) is -0.428. The number of alkyl halides is 3. The first-order valence-corrected chi connectivity index (χ1v) is 4.51. The van der Waals surface area contributed by atoms with Crippen molar-refractivity contribution in [1.82, 2.24) is 15.1 Å². The Balaban J connectivity index is 2.56. The predicted octanol–water partition coefficient (Wildman–Crippen LogP) is -0.0232. The fourth-order valence-electron chi connectivity index (χ4n) is 1.02. The van der Waals surface area contributed by atoms with E-state index in [1.54, 1.807) is 0 Å². The first-order valence-electron chi connectivity index (χ1n) is 4.51. The van der Waals surface area contributed by atoms with Gasteiger partial charge in [-0.25, -0.2) is 0 Å². The van der Waals surface area contributed by atoms with Crippen molar-refractivity contribution in [3.8, 4) is 0 Å². The van der Waals surface area contributed by atoms with E-state index in [9.17, 15) is 18.0 Å². The molecule has 0 bridgehead atoms. The number of carbonyl (C=O) groups excluding carboxylic acids is 1. The lowest BCUT2D eigenvalue weighted by Crippen LogP contribution is -2.32. The topological polar surface area (TPSA) is 72.9 Å². The second-order valence-electron chi connectivity index (χ2n) is 3.03. The number of rotatable bonds is 4. The van der Waals surface area contributed by atoms with E-state index in [1.807, 2.05) is 0 Å². The third-order valence-electron chi connectivity index (χ3n) is 1.70. The standard InChI is InChI=1S/C8H11F3N4O/c9-8(10,11)6-1-4-15(14-6)5-7(16)13-3-2-12/h1,4H,2-3,5,12H2,(H,13,16). The normalized spacial score (nSPS) is 11.5. The fourth-order valence-corrected chi connectivity index (χ4v) is 1.02. The number of halogens is 3. The molecule has 16 heavy (non-hydrogen) atoms. The van der Waals surface area contributed by atoms with Gasteiger partial charge in [0.05, 0.1) is 0 Å². The second-order valence-corrected chi connectivity index (χ2v) is 3.03. The maximum absolute atomic E-state index is 12.1. The van der Waals surface area contributed by atoms with Gasteiger partial charge in [-0.2, -0.15) is 18.3 Å². The lowest BCUT2D eigenvalue weighted by atomic mass is 10.4. The Bertz CT molecular complexity index is 360. The summed E-state index contributed by atoms with van der Waals surface area (Å²) in [6.45, 7) is 0.307. The van der Waals surface area contributed by atoms with Gasteiger partial charge in [0.1, 0.15) is 6.54 Å². The average Bonchev–Trinajstić information content (AvgIpc) is 2.62. The summed E-state index contributed by atoms with van der Waals surface area (Å²) in [4.78, 5) is 11.1. The van der Waals surface area contributed by atoms with Crippen LogP contribution in [0.4, 0.5) is 13.2 Å². The summed E-state index contributed by atoms with van der Waals surface area (Å²) in [5.41, 5.74) is 4.13. The zero-order chi connectivity index (χ0) is 12.2. The van der Waals surface area contributed by atoms with Crippen molar-refractivity contribution in [3.05, 3.63) is 18.0 Å². The summed E-state index contributed by atoms with van der Waals surface area (Å²) in [6.07, 6.45) is -3.39. The van der Waals surface area contributed by atoms with Crippen LogP contribution in [0.5, 0.6) is 0 Å². The molecule has 0 aliphatic heterocycles. The molecule has 1 aromatic heterocycles. The van der Waals surface area contributed by atoms with Gasteiger partial charge < -0.3 is 11.1 Å². The van der Waals surface area contributed by atoms with Crippen LogP contribution in [-0.4, -0.2) is 28.8 Å². The molecular formula is C8H11F3N4O. The van der Waals surface area contributed by atoms with Gasteiger partial charge in [0.25, 0.3) is 0 Å². The summed E-state index contributed by atoms with van der Waals surface area (Å²) in [6, 6.07) is 0.816. The van der Waals surface area contributed by atoms with E-state index in [4.69, 9.17) is 5.73 Å². The van der Waals surface area contributed by atoms with E-state index < -0.39 is 17.8 Å². The van der Waals surface area contributed by atoms with E-state index in [0.717, 1.165) is 16.9 Å². The molecule has 3 N–H and O–H groups in total. The molecule has 1 aromatic rings. The first-order chi connectivity index (χ1) is 7.43. The minimum atomic E-state index is -4.49. The molecule has 5 nitrogen and oxygen atoms in total. The van der Waals surface area contributed by atoms with Crippen molar-refractivity contribution in [2.75, 3.05) is 13.1 Å². The van der Waals surface area contributed by atoms with Crippen LogP contribution in [0.1, 0.15) is 5.69 Å². The van der Waals surface area contributed by atoms with Crippen LogP contribution < -0.4 is 11.1 Å². The molecule has 0 saturated heterocycles. The number of amides is 1. The predicted molar refractivity (Wildman–Crippen MR) is 49.3 cm³/mol. The lowest BCUT2D eigenvalue weighted by molar-refractivity contribution is -0.141. The van der Waals surface area contributed by atoms with Crippen molar-refractivity contribution in [2.45, 2.75) is 12.7 Å². The Hall–Kier alpha value is -1.57. The molecule has 0 saturated carbocycles. The summed E-state index contributed by atoms with van der Waals surface area (Å²) < 4.78 is 37.4. The molecule has 0 spiro atoms. The third-order valence-corrected chi connectivity index (χ3v) is 1.70. The number of hydrogen-bond donors (Lipinski definition) is 2. The van der Waals surface area contributed by atoms with Crippen LogP contribution >= 0.6 is 0 Å². The highest BCUT2D eigenvalue weighted by Crippen LogP contribution is 2.27. The highest BCUT2D eigenvalue weighted by atomic mass is 19.4. The van der Waals surface area contributed by atoms with Gasteiger partial charge in [-0.15, -0.1) is 0 Å². The Morgan fingerprint density at radius 1 is 1.56 bits per heavy atom. The largest absolute Gasteiger partial charge is 0.435 e. The minimum Gasteiger partial charge on any atom is -0.353 e. The van der Waals surface area contributed by atoms with Gasteiger partial charge in [0.2, 0.25) is 5.91 Å². The monoisotopic (exact) mass is 236 g/mol. The van der Waals surface area contributed by atoms with Crippen molar-refractivity contribution in [3.63, 3.8) is 0 Å². The number of nitrogens with two attached hydrogens (primary N) is 1. The van der Waals surface area contributed by atoms with E-state index in [-0.39, 0.29) is 19.6 Å². The SMILES string of the molecule is NCCNC(=O)Cn1ccc(C(F)(F)F)n1. The second kappa shape index (κ2) is 4.97. The Labute approximate surface area is 89.4 Å². The number of hydrogen-bond acceptors (Lipinski definition) is 3. The molecule has 0 fully saturated rings. The van der Waals surface area contributed by atoms with E-state index in [1.165, 1.54) is 0 Å². The van der Waals surface area contributed by atoms with Gasteiger partial charge in [-0.05, 0) is 6.07 Å². The van der Waals surface area contributed by atoms with Crippen molar-refractivity contribution in [2.24, 2.45) is 5.73 Å². The molecule has 0 atom stereocenters. The maximum Gasteiger partial charge on any atom is 0.435 e. The molecule has 1 amide bonds. The molecular weight excluding hydrogens is 225 g/mol. The quantitative estimate of drug-likeness (QED) is 0.771. The van der Waals surface area contributed by atoms with Crippen molar-refractivity contribution < 1.29 is 18.0 Å². The van der Waals surface area contributed by atoms with E-state index in [2.05, 4.69) is 10.4 Å². The first kappa shape index (κ1) is 12.5. The highest BCUT2D eigenvalue weighted by molar-refractivity contribution is 5.75. The molecule has 1 heterocycles. The van der Waals surface area contributed by atoms with Crippen LogP contribution in [-0.2, 0) is 17.5 Å². The Morgan fingerprint density at radius 2 is 2.25 bits per heavy atom. The van der Waals surface area contributed by atoms with Crippen LogP contribution in [0.3, 0.4) is 0 Å². The minimum absolute atomic E-state index is 0.254. The molecule has 1 rings (SSSR count). The zero-order valence-corrected chi connectivity index (χ0v) is 8.29. The Morgan fingerprint density at radius 3 is 2.75 bits per heavy atom. The van der Waals surface area contributed by atoms with Crippen LogP contribution in [0.15, 0.2) is 12.3 Å². The van der Waals surface area contributed by atoms with Gasteiger partial charge in [-0.3, -0.25) is 9.48 Å². The zero-order valence-electron chi connectivity index (χ0n) is 8.29. The molecule has 0 radical (unpaired) electrons. The number of carbonyl (C=O) groups is 1. The van der Waals surface area contributed by atoms with Gasteiger partial charge >= 0.3 is 6.18 Å². The van der Waals surface area contributed by atoms with E-state index in [0.29, 0.717) is 0 Å². The third kappa shape index (κ3) is 3.54. The summed E-state index contributed by atoms with van der Waals surface area (Å²) in [5, 5.41) is 5.65.